The molecule has 0 saturated carbocycles. The summed E-state index contributed by atoms with van der Waals surface area (Å²) >= 11 is 0. The van der Waals surface area contributed by atoms with Gasteiger partial charge in [0.15, 0.2) is 5.65 Å². The molecule has 0 saturated heterocycles. The first kappa shape index (κ1) is 24.8. The predicted octanol–water partition coefficient (Wildman–Crippen LogP) is 3.23. The van der Waals surface area contributed by atoms with E-state index in [1.54, 1.807) is 0 Å². The van der Waals surface area contributed by atoms with Crippen molar-refractivity contribution in [3.63, 3.8) is 0 Å². The van der Waals surface area contributed by atoms with Gasteiger partial charge < -0.3 is 24.7 Å². The zero-order valence-corrected chi connectivity index (χ0v) is 19.4. The Morgan fingerprint density at radius 2 is 1.48 bits per heavy atom. The van der Waals surface area contributed by atoms with Crippen LogP contribution in [0.15, 0.2) is 30.6 Å². The summed E-state index contributed by atoms with van der Waals surface area (Å²) in [5.74, 6) is 1.13. The van der Waals surface area contributed by atoms with Gasteiger partial charge >= 0.3 is 0 Å². The van der Waals surface area contributed by atoms with Crippen molar-refractivity contribution in [2.24, 2.45) is 0 Å². The zero-order valence-electron chi connectivity index (χ0n) is 19.4. The van der Waals surface area contributed by atoms with Crippen LogP contribution in [0.25, 0.3) is 22.3 Å². The molecule has 0 unspecified atom stereocenters. The van der Waals surface area contributed by atoms with E-state index in [0.29, 0.717) is 51.1 Å². The van der Waals surface area contributed by atoms with E-state index in [0.717, 1.165) is 22.4 Å². The average molecular weight is 462 g/mol. The van der Waals surface area contributed by atoms with Crippen molar-refractivity contribution in [2.45, 2.75) is 26.3 Å². The van der Waals surface area contributed by atoms with E-state index in [4.69, 9.17) is 29.8 Å². The highest BCUT2D eigenvalue weighted by Gasteiger charge is 2.23. The second-order valence-corrected chi connectivity index (χ2v) is 8.29. The summed E-state index contributed by atoms with van der Waals surface area (Å²) in [6.45, 7) is 8.41. The van der Waals surface area contributed by atoms with Gasteiger partial charge in [0, 0.05) is 5.56 Å². The molecule has 33 heavy (non-hydrogen) atoms. The molecule has 0 atom stereocenters. The second kappa shape index (κ2) is 11.9. The Morgan fingerprint density at radius 3 is 2.09 bits per heavy atom. The number of halogens is 1. The minimum atomic E-state index is -0.478. The van der Waals surface area contributed by atoms with Crippen LogP contribution in [0.4, 0.5) is 10.2 Å². The molecule has 180 valence electrons. The third-order valence-corrected chi connectivity index (χ3v) is 4.72. The van der Waals surface area contributed by atoms with Gasteiger partial charge in [0.2, 0.25) is 0 Å². The van der Waals surface area contributed by atoms with Gasteiger partial charge in [-0.25, -0.2) is 19.0 Å². The molecule has 0 fully saturated rings. The maximum atomic E-state index is 11.9. The Hall–Kier alpha value is -2.82. The number of alkyl halides is 1. The molecule has 0 bridgehead atoms. The molecule has 0 radical (unpaired) electrons. The minimum Gasteiger partial charge on any atom is -0.491 e. The summed E-state index contributed by atoms with van der Waals surface area (Å²) in [6, 6.07) is 7.65. The summed E-state index contributed by atoms with van der Waals surface area (Å²) in [5.41, 5.74) is 8.25. The van der Waals surface area contributed by atoms with Crippen molar-refractivity contribution in [1.29, 1.82) is 0 Å². The topological polar surface area (TPSA) is 107 Å². The summed E-state index contributed by atoms with van der Waals surface area (Å²) in [6.07, 6.45) is 1.46. The van der Waals surface area contributed by atoms with E-state index in [9.17, 15) is 4.39 Å². The third-order valence-electron chi connectivity index (χ3n) is 4.72. The number of nitrogen functional groups attached to an aromatic ring is 1. The van der Waals surface area contributed by atoms with Gasteiger partial charge in [-0.2, -0.15) is 5.10 Å². The monoisotopic (exact) mass is 461 g/mol. The third kappa shape index (κ3) is 6.83. The van der Waals surface area contributed by atoms with Gasteiger partial charge in [0.25, 0.3) is 0 Å². The van der Waals surface area contributed by atoms with Gasteiger partial charge in [0.1, 0.15) is 36.9 Å². The Balaban J connectivity index is 1.50. The number of rotatable bonds is 13. The van der Waals surface area contributed by atoms with Crippen LogP contribution in [0, 0.1) is 0 Å². The second-order valence-electron chi connectivity index (χ2n) is 8.29. The van der Waals surface area contributed by atoms with Crippen LogP contribution in [0.2, 0.25) is 0 Å². The summed E-state index contributed by atoms with van der Waals surface area (Å²) in [7, 11) is 0. The highest BCUT2D eigenvalue weighted by atomic mass is 19.1. The summed E-state index contributed by atoms with van der Waals surface area (Å²) < 4.78 is 35.3. The Morgan fingerprint density at radius 1 is 0.879 bits per heavy atom. The highest BCUT2D eigenvalue weighted by molar-refractivity contribution is 5.98. The van der Waals surface area contributed by atoms with Crippen molar-refractivity contribution < 1.29 is 23.3 Å². The number of nitrogens with zero attached hydrogens (tertiary/aromatic N) is 4. The first-order chi connectivity index (χ1) is 15.9. The van der Waals surface area contributed by atoms with Crippen molar-refractivity contribution in [1.82, 2.24) is 19.7 Å². The number of nitrogens with two attached hydrogens (primary N) is 1. The maximum absolute atomic E-state index is 11.9. The number of benzene rings is 1. The van der Waals surface area contributed by atoms with Crippen LogP contribution >= 0.6 is 0 Å². The Bertz CT molecular complexity index is 1000. The molecule has 2 aromatic heterocycles. The fourth-order valence-electron chi connectivity index (χ4n) is 3.17. The van der Waals surface area contributed by atoms with E-state index in [-0.39, 0.29) is 12.1 Å². The van der Waals surface area contributed by atoms with Crippen LogP contribution in [-0.4, -0.2) is 72.7 Å². The molecule has 2 N–H and O–H groups in total. The summed E-state index contributed by atoms with van der Waals surface area (Å²) in [4.78, 5) is 8.55. The Labute approximate surface area is 193 Å². The van der Waals surface area contributed by atoms with E-state index in [2.05, 4.69) is 30.7 Å². The molecule has 0 spiro atoms. The molecule has 10 heteroatoms. The first-order valence-electron chi connectivity index (χ1n) is 10.9. The van der Waals surface area contributed by atoms with Crippen molar-refractivity contribution >= 4 is 16.9 Å². The SMILES string of the molecule is CC(C)(C)n1nc(-c2ccc(OCCOCCOCCOCCF)cc2)c2c(N)ncnc21. The Kier molecular flexibility index (Phi) is 8.93. The van der Waals surface area contributed by atoms with Gasteiger partial charge in [0.05, 0.1) is 50.6 Å². The van der Waals surface area contributed by atoms with E-state index < -0.39 is 6.67 Å². The zero-order chi connectivity index (χ0) is 23.7. The van der Waals surface area contributed by atoms with Gasteiger partial charge in [-0.05, 0) is 45.0 Å². The fourth-order valence-corrected chi connectivity index (χ4v) is 3.17. The molecule has 2 heterocycles. The van der Waals surface area contributed by atoms with Gasteiger partial charge in [-0.15, -0.1) is 0 Å². The summed E-state index contributed by atoms with van der Waals surface area (Å²) in [5, 5.41) is 5.53. The first-order valence-corrected chi connectivity index (χ1v) is 10.9. The molecule has 3 rings (SSSR count). The van der Waals surface area contributed by atoms with Crippen LogP contribution < -0.4 is 10.5 Å². The van der Waals surface area contributed by atoms with Crippen molar-refractivity contribution in [3.8, 4) is 17.0 Å². The molecule has 1 aromatic carbocycles. The quantitative estimate of drug-likeness (QED) is 0.387. The van der Waals surface area contributed by atoms with Crippen LogP contribution in [0.1, 0.15) is 20.8 Å². The smallest absolute Gasteiger partial charge is 0.164 e. The van der Waals surface area contributed by atoms with Gasteiger partial charge in [-0.1, -0.05) is 0 Å². The lowest BCUT2D eigenvalue weighted by Crippen LogP contribution is -2.23. The van der Waals surface area contributed by atoms with Crippen LogP contribution in [0.3, 0.4) is 0 Å². The number of fused-ring (bicyclic) bond motifs is 1. The maximum Gasteiger partial charge on any atom is 0.164 e. The van der Waals surface area contributed by atoms with Gasteiger partial charge in [-0.3, -0.25) is 0 Å². The van der Waals surface area contributed by atoms with Crippen LogP contribution in [-0.2, 0) is 19.7 Å². The van der Waals surface area contributed by atoms with Crippen molar-refractivity contribution in [3.05, 3.63) is 30.6 Å². The van der Waals surface area contributed by atoms with E-state index in [1.807, 2.05) is 28.9 Å². The molecule has 3 aromatic rings. The molecule has 0 amide bonds. The lowest BCUT2D eigenvalue weighted by molar-refractivity contribution is 0.00750. The number of hydrogen-bond acceptors (Lipinski definition) is 8. The average Bonchev–Trinajstić information content (AvgIpc) is 3.19. The number of anilines is 1. The molecular formula is C23H32FN5O4. The lowest BCUT2D eigenvalue weighted by Gasteiger charge is -2.19. The predicted molar refractivity (Wildman–Crippen MR) is 124 cm³/mol. The van der Waals surface area contributed by atoms with Crippen molar-refractivity contribution in [2.75, 3.05) is 58.7 Å². The number of hydrogen-bond donors (Lipinski definition) is 1. The molecule has 0 aliphatic rings. The molecule has 9 nitrogen and oxygen atoms in total. The largest absolute Gasteiger partial charge is 0.491 e. The lowest BCUT2D eigenvalue weighted by atomic mass is 10.1. The molecule has 0 aliphatic carbocycles. The number of aromatic nitrogens is 4. The van der Waals surface area contributed by atoms with E-state index in [1.165, 1.54) is 6.33 Å². The van der Waals surface area contributed by atoms with Crippen LogP contribution in [0.5, 0.6) is 5.75 Å². The highest BCUT2D eigenvalue weighted by Crippen LogP contribution is 2.33. The number of ether oxygens (including phenoxy) is 4. The fraction of sp³-hybridized carbons (Fsp3) is 0.522. The van der Waals surface area contributed by atoms with E-state index >= 15 is 0 Å². The minimum absolute atomic E-state index is 0.109. The molecular weight excluding hydrogens is 429 g/mol. The molecule has 0 aliphatic heterocycles. The standard InChI is InChI=1S/C23H32FN5O4/c1-23(2,3)29-22-19(21(25)26-16-27-22)20(28-29)17-4-6-18(7-5-17)33-15-14-32-13-12-31-11-10-30-9-8-24/h4-7,16H,8-15H2,1-3H3,(H2,25,26,27). The normalized spacial score (nSPS) is 11.9.